The highest BCUT2D eigenvalue weighted by Gasteiger charge is 2.22. The van der Waals surface area contributed by atoms with Gasteiger partial charge in [0.05, 0.1) is 6.07 Å². The van der Waals surface area contributed by atoms with E-state index in [1.54, 1.807) is 0 Å². The van der Waals surface area contributed by atoms with Gasteiger partial charge in [0.2, 0.25) is 0 Å². The molecule has 0 atom stereocenters. The molecule has 1 aromatic carbocycles. The lowest BCUT2D eigenvalue weighted by Crippen LogP contribution is -2.51. The second kappa shape index (κ2) is 9.95. The normalized spacial score (nSPS) is 23.9. The Morgan fingerprint density at radius 2 is 1.73 bits per heavy atom. The van der Waals surface area contributed by atoms with Crippen molar-refractivity contribution in [3.8, 4) is 6.07 Å². The molecule has 1 saturated carbocycles. The summed E-state index contributed by atoms with van der Waals surface area (Å²) in [6, 6.07) is 9.00. The number of piperazine rings is 1. The zero-order valence-corrected chi connectivity index (χ0v) is 17.3. The third-order valence-electron chi connectivity index (χ3n) is 5.34. The Bertz CT molecular complexity index is 626. The highest BCUT2D eigenvalue weighted by molar-refractivity contribution is 14.0. The number of nitrogens with zero attached hydrogens (tertiary/aromatic N) is 4. The fourth-order valence-electron chi connectivity index (χ4n) is 3.64. The Morgan fingerprint density at radius 3 is 2.31 bits per heavy atom. The minimum absolute atomic E-state index is 0. The molecule has 0 amide bonds. The van der Waals surface area contributed by atoms with Gasteiger partial charge in [0.25, 0.3) is 0 Å². The maximum atomic E-state index is 13.0. The van der Waals surface area contributed by atoms with Crippen molar-refractivity contribution in [2.24, 2.45) is 22.6 Å². The standard InChI is InChI=1S/C19H26FN5.HI/c20-17-5-7-18(8-6-17)24-9-11-25(12-10-24)19(22)23-14-16-3-1-15(13-21)2-4-16;/h5-8,15-16H,1-4,9-12,14H2,(H2,22,23);1H. The molecule has 0 spiro atoms. The Labute approximate surface area is 172 Å². The van der Waals surface area contributed by atoms with Crippen LogP contribution in [0.15, 0.2) is 29.3 Å². The quantitative estimate of drug-likeness (QED) is 0.418. The van der Waals surface area contributed by atoms with E-state index >= 15 is 0 Å². The van der Waals surface area contributed by atoms with E-state index in [1.165, 1.54) is 12.1 Å². The lowest BCUT2D eigenvalue weighted by molar-refractivity contribution is 0.319. The van der Waals surface area contributed by atoms with Crippen LogP contribution in [-0.4, -0.2) is 43.6 Å². The van der Waals surface area contributed by atoms with Crippen molar-refractivity contribution in [2.75, 3.05) is 37.6 Å². The molecule has 3 rings (SSSR count). The molecule has 2 N–H and O–H groups in total. The first-order valence-corrected chi connectivity index (χ1v) is 9.10. The van der Waals surface area contributed by atoms with Crippen LogP contribution in [0.4, 0.5) is 10.1 Å². The van der Waals surface area contributed by atoms with Crippen molar-refractivity contribution in [2.45, 2.75) is 25.7 Å². The molecule has 0 radical (unpaired) electrons. The van der Waals surface area contributed by atoms with E-state index in [-0.39, 0.29) is 35.7 Å². The van der Waals surface area contributed by atoms with Gasteiger partial charge < -0.3 is 15.5 Å². The number of aliphatic imine (C=N–C) groups is 1. The van der Waals surface area contributed by atoms with Gasteiger partial charge in [-0.25, -0.2) is 4.39 Å². The summed E-state index contributed by atoms with van der Waals surface area (Å²) in [5.41, 5.74) is 7.23. The first-order chi connectivity index (χ1) is 12.2. The molecule has 1 aliphatic carbocycles. The smallest absolute Gasteiger partial charge is 0.191 e. The van der Waals surface area contributed by atoms with E-state index in [9.17, 15) is 4.39 Å². The molecule has 0 bridgehead atoms. The van der Waals surface area contributed by atoms with Crippen molar-refractivity contribution >= 4 is 35.6 Å². The molecular formula is C19H27FIN5. The largest absolute Gasteiger partial charge is 0.370 e. The maximum absolute atomic E-state index is 13.0. The fraction of sp³-hybridized carbons (Fsp3) is 0.579. The first-order valence-electron chi connectivity index (χ1n) is 9.10. The number of rotatable bonds is 3. The van der Waals surface area contributed by atoms with Gasteiger partial charge in [-0.3, -0.25) is 4.99 Å². The Morgan fingerprint density at radius 1 is 1.12 bits per heavy atom. The van der Waals surface area contributed by atoms with E-state index in [0.717, 1.165) is 64.1 Å². The fourth-order valence-corrected chi connectivity index (χ4v) is 3.64. The SMILES string of the molecule is I.N#CC1CCC(CN=C(N)N2CCN(c3ccc(F)cc3)CC2)CC1. The Hall–Kier alpha value is -1.56. The Balaban J connectivity index is 0.00000243. The predicted octanol–water partition coefficient (Wildman–Crippen LogP) is 3.21. The average molecular weight is 471 g/mol. The minimum Gasteiger partial charge on any atom is -0.370 e. The number of nitrogens with two attached hydrogens (primary N) is 1. The van der Waals surface area contributed by atoms with E-state index in [0.29, 0.717) is 11.9 Å². The lowest BCUT2D eigenvalue weighted by atomic mass is 9.83. The summed E-state index contributed by atoms with van der Waals surface area (Å²) in [6.45, 7) is 4.13. The van der Waals surface area contributed by atoms with Crippen LogP contribution in [0.2, 0.25) is 0 Å². The average Bonchev–Trinajstić information content (AvgIpc) is 2.67. The van der Waals surface area contributed by atoms with Crippen molar-refractivity contribution in [3.05, 3.63) is 30.1 Å². The lowest BCUT2D eigenvalue weighted by Gasteiger charge is -2.36. The summed E-state index contributed by atoms with van der Waals surface area (Å²) in [7, 11) is 0. The number of anilines is 1. The van der Waals surface area contributed by atoms with Gasteiger partial charge in [-0.1, -0.05) is 0 Å². The van der Waals surface area contributed by atoms with Crippen LogP contribution in [-0.2, 0) is 0 Å². The first kappa shape index (κ1) is 20.7. The zero-order valence-electron chi connectivity index (χ0n) is 15.0. The molecule has 142 valence electrons. The van der Waals surface area contributed by atoms with E-state index in [4.69, 9.17) is 11.0 Å². The summed E-state index contributed by atoms with van der Waals surface area (Å²) in [5, 5.41) is 8.96. The number of halogens is 2. The molecule has 0 aromatic heterocycles. The van der Waals surface area contributed by atoms with Crippen LogP contribution in [0, 0.1) is 29.0 Å². The van der Waals surface area contributed by atoms with E-state index in [2.05, 4.69) is 20.9 Å². The summed E-state index contributed by atoms with van der Waals surface area (Å²) in [5.74, 6) is 1.21. The molecule has 2 fully saturated rings. The van der Waals surface area contributed by atoms with Crippen LogP contribution in [0.25, 0.3) is 0 Å². The monoisotopic (exact) mass is 471 g/mol. The van der Waals surface area contributed by atoms with Crippen LogP contribution >= 0.6 is 24.0 Å². The van der Waals surface area contributed by atoms with Crippen molar-refractivity contribution in [1.29, 1.82) is 5.26 Å². The molecule has 5 nitrogen and oxygen atoms in total. The molecule has 7 heteroatoms. The molecule has 1 saturated heterocycles. The van der Waals surface area contributed by atoms with Crippen LogP contribution in [0.3, 0.4) is 0 Å². The molecular weight excluding hydrogens is 444 g/mol. The zero-order chi connectivity index (χ0) is 17.6. The van der Waals surface area contributed by atoms with Gasteiger partial charge in [-0.15, -0.1) is 24.0 Å². The summed E-state index contributed by atoms with van der Waals surface area (Å²) < 4.78 is 13.0. The number of benzene rings is 1. The van der Waals surface area contributed by atoms with Crippen LogP contribution in [0.5, 0.6) is 0 Å². The minimum atomic E-state index is -0.206. The Kier molecular flexibility index (Phi) is 7.94. The maximum Gasteiger partial charge on any atom is 0.191 e. The van der Waals surface area contributed by atoms with Gasteiger partial charge in [0.15, 0.2) is 5.96 Å². The van der Waals surface area contributed by atoms with Gasteiger partial charge in [-0.2, -0.15) is 5.26 Å². The van der Waals surface area contributed by atoms with Crippen LogP contribution in [0.1, 0.15) is 25.7 Å². The molecule has 1 aliphatic heterocycles. The van der Waals surface area contributed by atoms with E-state index in [1.807, 2.05) is 12.1 Å². The van der Waals surface area contributed by atoms with Crippen LogP contribution < -0.4 is 10.6 Å². The highest BCUT2D eigenvalue weighted by atomic mass is 127. The molecule has 1 aromatic rings. The van der Waals surface area contributed by atoms with Gasteiger partial charge in [0, 0.05) is 44.3 Å². The number of nitriles is 1. The number of guanidine groups is 1. The third-order valence-corrected chi connectivity index (χ3v) is 5.34. The van der Waals surface area contributed by atoms with Crippen molar-refractivity contribution < 1.29 is 4.39 Å². The topological polar surface area (TPSA) is 68.6 Å². The van der Waals surface area contributed by atoms with Gasteiger partial charge in [-0.05, 0) is 55.9 Å². The third kappa shape index (κ3) is 5.47. The number of hydrogen-bond donors (Lipinski definition) is 1. The van der Waals surface area contributed by atoms with Crippen molar-refractivity contribution in [3.63, 3.8) is 0 Å². The molecule has 26 heavy (non-hydrogen) atoms. The van der Waals surface area contributed by atoms with Gasteiger partial charge in [0.1, 0.15) is 5.82 Å². The predicted molar refractivity (Wildman–Crippen MR) is 113 cm³/mol. The second-order valence-corrected chi connectivity index (χ2v) is 7.00. The molecule has 2 aliphatic rings. The molecule has 0 unspecified atom stereocenters. The highest BCUT2D eigenvalue weighted by Crippen LogP contribution is 2.28. The number of hydrogen-bond acceptors (Lipinski definition) is 3. The second-order valence-electron chi connectivity index (χ2n) is 7.00. The molecule has 1 heterocycles. The summed E-state index contributed by atoms with van der Waals surface area (Å²) in [6.07, 6.45) is 4.14. The summed E-state index contributed by atoms with van der Waals surface area (Å²) >= 11 is 0. The summed E-state index contributed by atoms with van der Waals surface area (Å²) in [4.78, 5) is 8.97. The van der Waals surface area contributed by atoms with E-state index < -0.39 is 0 Å². The van der Waals surface area contributed by atoms with Gasteiger partial charge >= 0.3 is 0 Å². The van der Waals surface area contributed by atoms with Crippen molar-refractivity contribution in [1.82, 2.24) is 4.90 Å².